The first-order valence-corrected chi connectivity index (χ1v) is 8.96. The lowest BCUT2D eigenvalue weighted by Gasteiger charge is -2.18. The van der Waals surface area contributed by atoms with Crippen molar-refractivity contribution in [2.24, 2.45) is 0 Å². The molecule has 0 spiro atoms. The van der Waals surface area contributed by atoms with Gasteiger partial charge in [-0.2, -0.15) is 0 Å². The SMILES string of the molecule is O=C(CN[C@@H](c1ccc(F)cc1)c1cccs1)Nc1ccccc1Cl. The predicted octanol–water partition coefficient (Wildman–Crippen LogP) is 4.86. The van der Waals surface area contributed by atoms with Gasteiger partial charge in [-0.3, -0.25) is 10.1 Å². The zero-order valence-electron chi connectivity index (χ0n) is 13.2. The molecule has 0 radical (unpaired) electrons. The molecule has 0 bridgehead atoms. The molecule has 0 aliphatic rings. The quantitative estimate of drug-likeness (QED) is 0.647. The van der Waals surface area contributed by atoms with Crippen LogP contribution in [0.15, 0.2) is 66.0 Å². The number of para-hydroxylation sites is 1. The van der Waals surface area contributed by atoms with Crippen molar-refractivity contribution in [3.05, 3.63) is 87.3 Å². The number of halogens is 2. The number of hydrogen-bond donors (Lipinski definition) is 2. The summed E-state index contributed by atoms with van der Waals surface area (Å²) in [6.45, 7) is 0.102. The lowest BCUT2D eigenvalue weighted by Crippen LogP contribution is -2.31. The van der Waals surface area contributed by atoms with Gasteiger partial charge in [-0.25, -0.2) is 4.39 Å². The summed E-state index contributed by atoms with van der Waals surface area (Å²) >= 11 is 7.63. The van der Waals surface area contributed by atoms with E-state index < -0.39 is 0 Å². The molecule has 1 heterocycles. The molecule has 2 N–H and O–H groups in total. The van der Waals surface area contributed by atoms with E-state index in [1.54, 1.807) is 41.7 Å². The molecule has 0 aliphatic heterocycles. The number of hydrogen-bond acceptors (Lipinski definition) is 3. The summed E-state index contributed by atoms with van der Waals surface area (Å²) in [6, 6.07) is 17.1. The van der Waals surface area contributed by atoms with Crippen LogP contribution in [0.25, 0.3) is 0 Å². The molecule has 2 aromatic carbocycles. The summed E-state index contributed by atoms with van der Waals surface area (Å²) in [4.78, 5) is 13.3. The third-order valence-corrected chi connectivity index (χ3v) is 4.91. The molecular formula is C19H16ClFN2OS. The predicted molar refractivity (Wildman–Crippen MR) is 101 cm³/mol. The van der Waals surface area contributed by atoms with Crippen molar-refractivity contribution in [1.82, 2.24) is 5.32 Å². The van der Waals surface area contributed by atoms with E-state index in [4.69, 9.17) is 11.6 Å². The molecule has 1 amide bonds. The van der Waals surface area contributed by atoms with Crippen LogP contribution in [0.1, 0.15) is 16.5 Å². The van der Waals surface area contributed by atoms with Crippen molar-refractivity contribution in [1.29, 1.82) is 0 Å². The van der Waals surface area contributed by atoms with Crippen LogP contribution in [-0.2, 0) is 4.79 Å². The average Bonchev–Trinajstić information content (AvgIpc) is 3.13. The number of nitrogens with one attached hydrogen (secondary N) is 2. The van der Waals surface area contributed by atoms with Gasteiger partial charge in [-0.1, -0.05) is 41.9 Å². The molecule has 3 rings (SSSR count). The van der Waals surface area contributed by atoms with E-state index in [-0.39, 0.29) is 24.3 Å². The summed E-state index contributed by atoms with van der Waals surface area (Å²) in [5, 5.41) is 8.47. The molecule has 6 heteroatoms. The van der Waals surface area contributed by atoms with Crippen molar-refractivity contribution in [3.8, 4) is 0 Å². The Balaban J connectivity index is 1.70. The van der Waals surface area contributed by atoms with E-state index in [2.05, 4.69) is 10.6 Å². The third-order valence-electron chi connectivity index (χ3n) is 3.65. The van der Waals surface area contributed by atoms with Crippen LogP contribution >= 0.6 is 22.9 Å². The van der Waals surface area contributed by atoms with Gasteiger partial charge in [0.2, 0.25) is 5.91 Å². The number of anilines is 1. The number of thiophene rings is 1. The van der Waals surface area contributed by atoms with Crippen LogP contribution in [0.5, 0.6) is 0 Å². The Labute approximate surface area is 154 Å². The first-order chi connectivity index (χ1) is 12.1. The van der Waals surface area contributed by atoms with E-state index in [0.717, 1.165) is 10.4 Å². The van der Waals surface area contributed by atoms with E-state index in [1.807, 2.05) is 23.6 Å². The van der Waals surface area contributed by atoms with Gasteiger partial charge in [-0.15, -0.1) is 11.3 Å². The molecule has 0 aliphatic carbocycles. The molecule has 1 atom stereocenters. The van der Waals surface area contributed by atoms with Gasteiger partial charge in [0.05, 0.1) is 23.3 Å². The largest absolute Gasteiger partial charge is 0.324 e. The number of rotatable bonds is 6. The highest BCUT2D eigenvalue weighted by atomic mass is 35.5. The van der Waals surface area contributed by atoms with Crippen molar-refractivity contribution in [2.45, 2.75) is 6.04 Å². The molecule has 3 nitrogen and oxygen atoms in total. The normalized spacial score (nSPS) is 11.9. The van der Waals surface area contributed by atoms with E-state index in [9.17, 15) is 9.18 Å². The molecule has 25 heavy (non-hydrogen) atoms. The summed E-state index contributed by atoms with van der Waals surface area (Å²) in [5.41, 5.74) is 1.47. The van der Waals surface area contributed by atoms with Crippen LogP contribution in [0.3, 0.4) is 0 Å². The fraction of sp³-hybridized carbons (Fsp3) is 0.105. The molecular weight excluding hydrogens is 359 g/mol. The summed E-state index contributed by atoms with van der Waals surface area (Å²) in [6.07, 6.45) is 0. The Bertz CT molecular complexity index is 837. The summed E-state index contributed by atoms with van der Waals surface area (Å²) in [5.74, 6) is -0.484. The smallest absolute Gasteiger partial charge is 0.238 e. The Kier molecular flexibility index (Phi) is 5.81. The molecule has 128 valence electrons. The minimum absolute atomic E-state index is 0.102. The Morgan fingerprint density at radius 2 is 1.84 bits per heavy atom. The topological polar surface area (TPSA) is 41.1 Å². The zero-order chi connectivity index (χ0) is 17.6. The molecule has 3 aromatic rings. The van der Waals surface area contributed by atoms with Crippen LogP contribution in [0.4, 0.5) is 10.1 Å². The minimum Gasteiger partial charge on any atom is -0.324 e. The van der Waals surface area contributed by atoms with Crippen LogP contribution in [-0.4, -0.2) is 12.5 Å². The monoisotopic (exact) mass is 374 g/mol. The number of amides is 1. The molecule has 1 aromatic heterocycles. The average molecular weight is 375 g/mol. The maximum atomic E-state index is 13.2. The zero-order valence-corrected chi connectivity index (χ0v) is 14.8. The highest BCUT2D eigenvalue weighted by Gasteiger charge is 2.16. The van der Waals surface area contributed by atoms with Crippen molar-refractivity contribution >= 4 is 34.5 Å². The fourth-order valence-electron chi connectivity index (χ4n) is 2.45. The van der Waals surface area contributed by atoms with Crippen molar-refractivity contribution < 1.29 is 9.18 Å². The molecule has 0 fully saturated rings. The lowest BCUT2D eigenvalue weighted by molar-refractivity contribution is -0.115. The maximum Gasteiger partial charge on any atom is 0.238 e. The second-order valence-corrected chi connectivity index (χ2v) is 6.80. The second-order valence-electron chi connectivity index (χ2n) is 5.41. The number of carbonyl (C=O) groups is 1. The van der Waals surface area contributed by atoms with Crippen LogP contribution < -0.4 is 10.6 Å². The van der Waals surface area contributed by atoms with Gasteiger partial charge in [-0.05, 0) is 41.3 Å². The molecule has 0 unspecified atom stereocenters. The standard InChI is InChI=1S/C19H16ClFN2OS/c20-15-4-1-2-5-16(15)23-18(24)12-22-19(17-6-3-11-25-17)13-7-9-14(21)10-8-13/h1-11,19,22H,12H2,(H,23,24)/t19-/m0/s1. The van der Waals surface area contributed by atoms with Crippen molar-refractivity contribution in [2.75, 3.05) is 11.9 Å². The molecule has 0 saturated heterocycles. The van der Waals surface area contributed by atoms with Gasteiger partial charge in [0.1, 0.15) is 5.82 Å². The fourth-order valence-corrected chi connectivity index (χ4v) is 3.46. The highest BCUT2D eigenvalue weighted by Crippen LogP contribution is 2.26. The molecule has 0 saturated carbocycles. The van der Waals surface area contributed by atoms with Gasteiger partial charge in [0.25, 0.3) is 0 Å². The highest BCUT2D eigenvalue weighted by molar-refractivity contribution is 7.10. The Hall–Kier alpha value is -2.21. The summed E-state index contributed by atoms with van der Waals surface area (Å²) < 4.78 is 13.2. The third kappa shape index (κ3) is 4.66. The first-order valence-electron chi connectivity index (χ1n) is 7.70. The second kappa shape index (κ2) is 8.25. The van der Waals surface area contributed by atoms with Gasteiger partial charge in [0, 0.05) is 4.88 Å². The van der Waals surface area contributed by atoms with Crippen LogP contribution in [0.2, 0.25) is 5.02 Å². The number of carbonyl (C=O) groups excluding carboxylic acids is 1. The van der Waals surface area contributed by atoms with Gasteiger partial charge < -0.3 is 5.32 Å². The first kappa shape index (κ1) is 17.6. The number of benzene rings is 2. The van der Waals surface area contributed by atoms with Crippen LogP contribution in [0, 0.1) is 5.82 Å². The Morgan fingerprint density at radius 3 is 2.52 bits per heavy atom. The minimum atomic E-state index is -0.287. The summed E-state index contributed by atoms with van der Waals surface area (Å²) in [7, 11) is 0. The maximum absolute atomic E-state index is 13.2. The van der Waals surface area contributed by atoms with Gasteiger partial charge >= 0.3 is 0 Å². The van der Waals surface area contributed by atoms with E-state index in [1.165, 1.54) is 12.1 Å². The van der Waals surface area contributed by atoms with Gasteiger partial charge in [0.15, 0.2) is 0 Å². The lowest BCUT2D eigenvalue weighted by atomic mass is 10.1. The van der Waals surface area contributed by atoms with E-state index in [0.29, 0.717) is 10.7 Å². The Morgan fingerprint density at radius 1 is 1.08 bits per heavy atom. The van der Waals surface area contributed by atoms with E-state index >= 15 is 0 Å². The van der Waals surface area contributed by atoms with Crippen molar-refractivity contribution in [3.63, 3.8) is 0 Å².